The number of aliphatic hydroxyl groups excluding tert-OH is 3. The molecule has 24 heavy (non-hydrogen) atoms. The van der Waals surface area contributed by atoms with Gasteiger partial charge in [-0.05, 0) is 13.3 Å². The largest absolute Gasteiger partial charge is 0.394 e. The summed E-state index contributed by atoms with van der Waals surface area (Å²) in [5, 5.41) is 27.8. The first kappa shape index (κ1) is 23.8. The van der Waals surface area contributed by atoms with Gasteiger partial charge in [0, 0.05) is 6.61 Å². The highest BCUT2D eigenvalue weighted by atomic mass is 16.5. The minimum absolute atomic E-state index is 0.0210. The fourth-order valence-electron chi connectivity index (χ4n) is 2.46. The second-order valence-corrected chi connectivity index (χ2v) is 6.70. The molecule has 0 radical (unpaired) electrons. The molecule has 0 rings (SSSR count). The van der Waals surface area contributed by atoms with E-state index in [0.717, 1.165) is 6.42 Å². The van der Waals surface area contributed by atoms with Crippen molar-refractivity contribution in [2.45, 2.75) is 96.4 Å². The third-order valence-electron chi connectivity index (χ3n) is 4.23. The van der Waals surface area contributed by atoms with E-state index in [0.29, 0.717) is 6.61 Å². The Kier molecular flexibility index (Phi) is 17.5. The second kappa shape index (κ2) is 17.6. The summed E-state index contributed by atoms with van der Waals surface area (Å²) in [5.74, 6) is 0. The molecule has 0 aromatic heterocycles. The van der Waals surface area contributed by atoms with Gasteiger partial charge in [0.15, 0.2) is 0 Å². The van der Waals surface area contributed by atoms with Crippen LogP contribution in [0, 0.1) is 0 Å². The molecule has 3 unspecified atom stereocenters. The van der Waals surface area contributed by atoms with Crippen molar-refractivity contribution in [2.24, 2.45) is 0 Å². The highest BCUT2D eigenvalue weighted by Crippen LogP contribution is 2.10. The summed E-state index contributed by atoms with van der Waals surface area (Å²) in [6.07, 6.45) is 10.9. The fourth-order valence-corrected chi connectivity index (χ4v) is 2.46. The monoisotopic (exact) mass is 348 g/mol. The summed E-state index contributed by atoms with van der Waals surface area (Å²) in [6.45, 7) is 4.58. The maximum atomic E-state index is 9.87. The van der Waals surface area contributed by atoms with E-state index in [9.17, 15) is 10.2 Å². The molecule has 0 aliphatic heterocycles. The molecule has 0 fully saturated rings. The molecule has 146 valence electrons. The summed E-state index contributed by atoms with van der Waals surface area (Å²) in [5.41, 5.74) is 0. The lowest BCUT2D eigenvalue weighted by molar-refractivity contribution is -0.0887. The van der Waals surface area contributed by atoms with Crippen LogP contribution in [0.15, 0.2) is 0 Å². The zero-order chi connectivity index (χ0) is 18.0. The van der Waals surface area contributed by atoms with Crippen LogP contribution in [0.5, 0.6) is 0 Å². The molecular weight excluding hydrogens is 308 g/mol. The van der Waals surface area contributed by atoms with Crippen LogP contribution in [0.25, 0.3) is 0 Å². The average Bonchev–Trinajstić information content (AvgIpc) is 2.59. The number of rotatable bonds is 18. The van der Waals surface area contributed by atoms with Gasteiger partial charge in [0.05, 0.1) is 25.9 Å². The van der Waals surface area contributed by atoms with Gasteiger partial charge >= 0.3 is 0 Å². The molecule has 0 heterocycles. The molecule has 3 atom stereocenters. The predicted octanol–water partition coefficient (Wildman–Crippen LogP) is 3.04. The fraction of sp³-hybridized carbons (Fsp3) is 1.00. The van der Waals surface area contributed by atoms with Gasteiger partial charge in [-0.1, -0.05) is 64.7 Å². The van der Waals surface area contributed by atoms with Crippen molar-refractivity contribution in [3.05, 3.63) is 0 Å². The van der Waals surface area contributed by atoms with Crippen LogP contribution in [-0.4, -0.2) is 60.1 Å². The molecular formula is C19H40O5. The van der Waals surface area contributed by atoms with E-state index in [-0.39, 0.29) is 19.8 Å². The molecule has 5 heteroatoms. The summed E-state index contributed by atoms with van der Waals surface area (Å²) in [7, 11) is 0. The Balaban J connectivity index is 3.31. The highest BCUT2D eigenvalue weighted by Gasteiger charge is 2.16. The zero-order valence-corrected chi connectivity index (χ0v) is 15.8. The standard InChI is InChI=1S/C19H40O5/c1-3-4-5-6-7-8-9-10-11-12-13-23-16-19(22)17(2)24-15-18(21)14-20/h17-22H,3-16H2,1-2H3. The van der Waals surface area contributed by atoms with E-state index in [1.807, 2.05) is 0 Å². The van der Waals surface area contributed by atoms with Gasteiger partial charge in [0.2, 0.25) is 0 Å². The first-order valence-corrected chi connectivity index (χ1v) is 9.78. The molecule has 0 bridgehead atoms. The Morgan fingerprint density at radius 2 is 1.33 bits per heavy atom. The average molecular weight is 349 g/mol. The topological polar surface area (TPSA) is 79.2 Å². The molecule has 0 saturated carbocycles. The number of ether oxygens (including phenoxy) is 2. The molecule has 3 N–H and O–H groups in total. The molecule has 0 amide bonds. The van der Waals surface area contributed by atoms with E-state index in [1.54, 1.807) is 6.92 Å². The zero-order valence-electron chi connectivity index (χ0n) is 15.8. The van der Waals surface area contributed by atoms with Crippen LogP contribution in [0.4, 0.5) is 0 Å². The third-order valence-corrected chi connectivity index (χ3v) is 4.23. The highest BCUT2D eigenvalue weighted by molar-refractivity contribution is 4.64. The molecule has 5 nitrogen and oxygen atoms in total. The van der Waals surface area contributed by atoms with Gasteiger partial charge in [-0.15, -0.1) is 0 Å². The van der Waals surface area contributed by atoms with Crippen molar-refractivity contribution in [3.8, 4) is 0 Å². The van der Waals surface area contributed by atoms with Gasteiger partial charge in [-0.25, -0.2) is 0 Å². The Hall–Kier alpha value is -0.200. The number of hydrogen-bond donors (Lipinski definition) is 3. The van der Waals surface area contributed by atoms with E-state index in [1.165, 1.54) is 57.8 Å². The Morgan fingerprint density at radius 1 is 0.792 bits per heavy atom. The van der Waals surface area contributed by atoms with Gasteiger partial charge in [-0.2, -0.15) is 0 Å². The van der Waals surface area contributed by atoms with Gasteiger partial charge in [-0.3, -0.25) is 0 Å². The summed E-state index contributed by atoms with van der Waals surface area (Å²) < 4.78 is 10.8. The lowest BCUT2D eigenvalue weighted by atomic mass is 10.1. The summed E-state index contributed by atoms with van der Waals surface area (Å²) in [6, 6.07) is 0. The Labute approximate surface area is 148 Å². The molecule has 0 saturated heterocycles. The Bertz CT molecular complexity index is 250. The van der Waals surface area contributed by atoms with Crippen molar-refractivity contribution in [2.75, 3.05) is 26.4 Å². The maximum Gasteiger partial charge on any atom is 0.103 e. The summed E-state index contributed by atoms with van der Waals surface area (Å²) in [4.78, 5) is 0. The van der Waals surface area contributed by atoms with Crippen molar-refractivity contribution in [1.82, 2.24) is 0 Å². The molecule has 0 spiro atoms. The van der Waals surface area contributed by atoms with Crippen LogP contribution >= 0.6 is 0 Å². The van der Waals surface area contributed by atoms with E-state index < -0.39 is 18.3 Å². The lowest BCUT2D eigenvalue weighted by Gasteiger charge is -2.20. The van der Waals surface area contributed by atoms with E-state index in [4.69, 9.17) is 14.6 Å². The predicted molar refractivity (Wildman–Crippen MR) is 97.2 cm³/mol. The molecule has 0 aliphatic rings. The summed E-state index contributed by atoms with van der Waals surface area (Å²) >= 11 is 0. The second-order valence-electron chi connectivity index (χ2n) is 6.70. The SMILES string of the molecule is CCCCCCCCCCCCOCC(O)C(C)OCC(O)CO. The number of aliphatic hydroxyl groups is 3. The van der Waals surface area contributed by atoms with Gasteiger partial charge < -0.3 is 24.8 Å². The first-order valence-electron chi connectivity index (χ1n) is 9.78. The van der Waals surface area contributed by atoms with E-state index >= 15 is 0 Å². The molecule has 0 aromatic carbocycles. The lowest BCUT2D eigenvalue weighted by Crippen LogP contribution is -2.33. The molecule has 0 aliphatic carbocycles. The number of unbranched alkanes of at least 4 members (excludes halogenated alkanes) is 9. The number of hydrogen-bond acceptors (Lipinski definition) is 5. The normalized spacial score (nSPS) is 15.4. The van der Waals surface area contributed by atoms with Crippen LogP contribution in [0.2, 0.25) is 0 Å². The smallest absolute Gasteiger partial charge is 0.103 e. The Morgan fingerprint density at radius 3 is 1.88 bits per heavy atom. The van der Waals surface area contributed by atoms with Crippen molar-refractivity contribution in [1.29, 1.82) is 0 Å². The van der Waals surface area contributed by atoms with E-state index in [2.05, 4.69) is 6.92 Å². The third kappa shape index (κ3) is 15.3. The van der Waals surface area contributed by atoms with Gasteiger partial charge in [0.25, 0.3) is 0 Å². The van der Waals surface area contributed by atoms with Crippen LogP contribution in [0.3, 0.4) is 0 Å². The van der Waals surface area contributed by atoms with Crippen LogP contribution < -0.4 is 0 Å². The minimum atomic E-state index is -0.896. The van der Waals surface area contributed by atoms with Crippen molar-refractivity contribution in [3.63, 3.8) is 0 Å². The van der Waals surface area contributed by atoms with Crippen LogP contribution in [0.1, 0.15) is 78.1 Å². The van der Waals surface area contributed by atoms with Gasteiger partial charge in [0.1, 0.15) is 12.2 Å². The molecule has 0 aromatic rings. The van der Waals surface area contributed by atoms with Crippen molar-refractivity contribution < 1.29 is 24.8 Å². The first-order chi connectivity index (χ1) is 11.6. The van der Waals surface area contributed by atoms with Crippen molar-refractivity contribution >= 4 is 0 Å². The van der Waals surface area contributed by atoms with Crippen LogP contribution in [-0.2, 0) is 9.47 Å². The quantitative estimate of drug-likeness (QED) is 0.332. The maximum absolute atomic E-state index is 9.87. The minimum Gasteiger partial charge on any atom is -0.394 e.